The van der Waals surface area contributed by atoms with Crippen molar-refractivity contribution < 1.29 is 9.90 Å². The van der Waals surface area contributed by atoms with Crippen molar-refractivity contribution >= 4 is 5.91 Å². The zero-order chi connectivity index (χ0) is 12.7. The van der Waals surface area contributed by atoms with Gasteiger partial charge in [0.25, 0.3) is 0 Å². The Balaban J connectivity index is 2.26. The highest BCUT2D eigenvalue weighted by Crippen LogP contribution is 2.26. The summed E-state index contributed by atoms with van der Waals surface area (Å²) in [5.41, 5.74) is 0. The van der Waals surface area contributed by atoms with Gasteiger partial charge in [-0.15, -0.1) is 0 Å². The van der Waals surface area contributed by atoms with E-state index in [1.165, 1.54) is 0 Å². The van der Waals surface area contributed by atoms with E-state index in [4.69, 9.17) is 10.4 Å². The summed E-state index contributed by atoms with van der Waals surface area (Å²) in [5.74, 6) is 0.338. The lowest BCUT2D eigenvalue weighted by atomic mass is 9.86. The van der Waals surface area contributed by atoms with Crippen LogP contribution in [-0.2, 0) is 4.79 Å². The third-order valence-corrected chi connectivity index (χ3v) is 3.46. The first-order valence-electron chi connectivity index (χ1n) is 6.12. The lowest BCUT2D eigenvalue weighted by Crippen LogP contribution is -2.42. The summed E-state index contributed by atoms with van der Waals surface area (Å²) < 4.78 is 0. The maximum Gasteiger partial charge on any atom is 0.235 e. The Kier molecular flexibility index (Phi) is 5.95. The maximum absolute atomic E-state index is 11.4. The summed E-state index contributed by atoms with van der Waals surface area (Å²) in [4.78, 5) is 13.5. The number of aliphatic hydroxyl groups is 1. The van der Waals surface area contributed by atoms with E-state index in [1.807, 2.05) is 18.0 Å². The third-order valence-electron chi connectivity index (χ3n) is 3.46. The van der Waals surface area contributed by atoms with E-state index < -0.39 is 0 Å². The Morgan fingerprint density at radius 1 is 1.47 bits per heavy atom. The van der Waals surface area contributed by atoms with Gasteiger partial charge in [-0.25, -0.2) is 0 Å². The van der Waals surface area contributed by atoms with Gasteiger partial charge in [0.05, 0.1) is 12.6 Å². The lowest BCUT2D eigenvalue weighted by Gasteiger charge is -2.33. The molecule has 1 saturated carbocycles. The average molecular weight is 239 g/mol. The van der Waals surface area contributed by atoms with Crippen molar-refractivity contribution in [2.75, 3.05) is 26.7 Å². The van der Waals surface area contributed by atoms with Crippen LogP contribution in [-0.4, -0.2) is 48.7 Å². The van der Waals surface area contributed by atoms with Crippen LogP contribution in [0.3, 0.4) is 0 Å². The van der Waals surface area contributed by atoms with Gasteiger partial charge in [0.15, 0.2) is 0 Å². The fourth-order valence-electron chi connectivity index (χ4n) is 2.32. The molecule has 1 aliphatic rings. The minimum atomic E-state index is -0.0988. The molecule has 0 aromatic heterocycles. The molecular weight excluding hydrogens is 218 g/mol. The summed E-state index contributed by atoms with van der Waals surface area (Å²) in [6.07, 6.45) is 4.14. The highest BCUT2D eigenvalue weighted by molar-refractivity contribution is 5.78. The normalized spacial score (nSPS) is 24.4. The number of carbonyl (C=O) groups excluding carboxylic acids is 1. The van der Waals surface area contributed by atoms with Gasteiger partial charge in [0.1, 0.15) is 6.54 Å². The van der Waals surface area contributed by atoms with Gasteiger partial charge in [-0.05, 0) is 38.6 Å². The molecule has 1 amide bonds. The quantitative estimate of drug-likeness (QED) is 0.668. The second-order valence-corrected chi connectivity index (χ2v) is 4.71. The van der Waals surface area contributed by atoms with Gasteiger partial charge in [0, 0.05) is 12.6 Å². The smallest absolute Gasteiger partial charge is 0.235 e. The molecule has 2 N–H and O–H groups in total. The summed E-state index contributed by atoms with van der Waals surface area (Å²) in [6, 6.07) is 2.31. The number of amides is 1. The molecule has 1 aliphatic carbocycles. The SMILES string of the molecule is CN(CC(=O)NCC#N)C1CCC(CO)CC1. The number of nitriles is 1. The minimum absolute atomic E-state index is 0.0733. The summed E-state index contributed by atoms with van der Waals surface area (Å²) in [7, 11) is 1.94. The van der Waals surface area contributed by atoms with Gasteiger partial charge in [-0.1, -0.05) is 0 Å². The van der Waals surface area contributed by atoms with Crippen molar-refractivity contribution in [1.29, 1.82) is 5.26 Å². The molecule has 5 heteroatoms. The van der Waals surface area contributed by atoms with Gasteiger partial charge < -0.3 is 10.4 Å². The molecule has 0 spiro atoms. The molecule has 1 fully saturated rings. The molecule has 96 valence electrons. The van der Waals surface area contributed by atoms with Crippen molar-refractivity contribution in [2.45, 2.75) is 31.7 Å². The van der Waals surface area contributed by atoms with Crippen molar-refractivity contribution in [3.63, 3.8) is 0 Å². The molecule has 0 unspecified atom stereocenters. The Morgan fingerprint density at radius 3 is 2.65 bits per heavy atom. The number of nitrogens with zero attached hydrogens (tertiary/aromatic N) is 2. The largest absolute Gasteiger partial charge is 0.396 e. The second-order valence-electron chi connectivity index (χ2n) is 4.71. The Hall–Kier alpha value is -1.12. The van der Waals surface area contributed by atoms with Crippen LogP contribution >= 0.6 is 0 Å². The predicted octanol–water partition coefficient (Wildman–Crippen LogP) is 0.109. The highest BCUT2D eigenvalue weighted by Gasteiger charge is 2.24. The first-order chi connectivity index (χ1) is 8.17. The molecule has 0 aliphatic heterocycles. The van der Waals surface area contributed by atoms with Crippen LogP contribution in [0, 0.1) is 17.2 Å². The van der Waals surface area contributed by atoms with Crippen LogP contribution in [0.4, 0.5) is 0 Å². The standard InChI is InChI=1S/C12H21N3O2/c1-15(8-12(17)14-7-6-13)11-4-2-10(9-16)3-5-11/h10-11,16H,2-5,7-9H2,1H3,(H,14,17). The monoisotopic (exact) mass is 239 g/mol. The van der Waals surface area contributed by atoms with E-state index in [0.29, 0.717) is 18.5 Å². The number of likely N-dealkylation sites (N-methyl/N-ethyl adjacent to an activating group) is 1. The van der Waals surface area contributed by atoms with Crippen molar-refractivity contribution in [3.8, 4) is 6.07 Å². The van der Waals surface area contributed by atoms with Crippen LogP contribution in [0.2, 0.25) is 0 Å². The first kappa shape index (κ1) is 13.9. The molecule has 0 radical (unpaired) electrons. The van der Waals surface area contributed by atoms with Crippen LogP contribution in [0.5, 0.6) is 0 Å². The molecule has 5 nitrogen and oxygen atoms in total. The molecule has 0 saturated heterocycles. The Bertz CT molecular complexity index is 280. The summed E-state index contributed by atoms with van der Waals surface area (Å²) in [6.45, 7) is 0.694. The van der Waals surface area contributed by atoms with E-state index in [1.54, 1.807) is 0 Å². The number of hydrogen-bond donors (Lipinski definition) is 2. The zero-order valence-electron chi connectivity index (χ0n) is 10.4. The molecule has 0 aromatic rings. The Morgan fingerprint density at radius 2 is 2.12 bits per heavy atom. The molecule has 17 heavy (non-hydrogen) atoms. The predicted molar refractivity (Wildman–Crippen MR) is 64.1 cm³/mol. The molecule has 0 heterocycles. The maximum atomic E-state index is 11.4. The first-order valence-corrected chi connectivity index (χ1v) is 6.12. The zero-order valence-corrected chi connectivity index (χ0v) is 10.4. The van der Waals surface area contributed by atoms with E-state index >= 15 is 0 Å². The average Bonchev–Trinajstić information content (AvgIpc) is 2.36. The third kappa shape index (κ3) is 4.72. The van der Waals surface area contributed by atoms with E-state index in [2.05, 4.69) is 5.32 Å². The van der Waals surface area contributed by atoms with Crippen molar-refractivity contribution in [2.24, 2.45) is 5.92 Å². The van der Waals surface area contributed by atoms with Crippen LogP contribution in [0.1, 0.15) is 25.7 Å². The molecule has 0 aromatic carbocycles. The number of hydrogen-bond acceptors (Lipinski definition) is 4. The molecular formula is C12H21N3O2. The molecule has 0 atom stereocenters. The van der Waals surface area contributed by atoms with Gasteiger partial charge in [-0.3, -0.25) is 9.69 Å². The van der Waals surface area contributed by atoms with Gasteiger partial charge >= 0.3 is 0 Å². The van der Waals surface area contributed by atoms with E-state index in [0.717, 1.165) is 25.7 Å². The highest BCUT2D eigenvalue weighted by atomic mass is 16.3. The van der Waals surface area contributed by atoms with Crippen LogP contribution in [0.25, 0.3) is 0 Å². The number of carbonyl (C=O) groups is 1. The number of nitrogens with one attached hydrogen (secondary N) is 1. The van der Waals surface area contributed by atoms with Crippen LogP contribution < -0.4 is 5.32 Å². The van der Waals surface area contributed by atoms with E-state index in [-0.39, 0.29) is 19.1 Å². The lowest BCUT2D eigenvalue weighted by molar-refractivity contribution is -0.122. The van der Waals surface area contributed by atoms with Crippen LogP contribution in [0.15, 0.2) is 0 Å². The van der Waals surface area contributed by atoms with Gasteiger partial charge in [-0.2, -0.15) is 5.26 Å². The van der Waals surface area contributed by atoms with Crippen molar-refractivity contribution in [3.05, 3.63) is 0 Å². The molecule has 1 rings (SSSR count). The fraction of sp³-hybridized carbons (Fsp3) is 0.833. The van der Waals surface area contributed by atoms with E-state index in [9.17, 15) is 4.79 Å². The number of aliphatic hydroxyl groups excluding tert-OH is 1. The summed E-state index contributed by atoms with van der Waals surface area (Å²) in [5, 5.41) is 19.9. The van der Waals surface area contributed by atoms with Gasteiger partial charge in [0.2, 0.25) is 5.91 Å². The Labute approximate surface area is 102 Å². The van der Waals surface area contributed by atoms with Crippen molar-refractivity contribution in [1.82, 2.24) is 10.2 Å². The summed E-state index contributed by atoms with van der Waals surface area (Å²) >= 11 is 0. The second kappa shape index (κ2) is 7.25. The number of rotatable bonds is 5. The topological polar surface area (TPSA) is 76.4 Å². The molecule has 0 bridgehead atoms. The fourth-order valence-corrected chi connectivity index (χ4v) is 2.32. The minimum Gasteiger partial charge on any atom is -0.396 e.